The summed E-state index contributed by atoms with van der Waals surface area (Å²) in [6.07, 6.45) is 0.853. The van der Waals surface area contributed by atoms with Crippen molar-refractivity contribution in [3.05, 3.63) is 27.7 Å². The Balaban J connectivity index is 1.60. The zero-order valence-corrected chi connectivity index (χ0v) is 16.0. The van der Waals surface area contributed by atoms with Gasteiger partial charge < -0.3 is 10.1 Å². The van der Waals surface area contributed by atoms with Gasteiger partial charge >= 0.3 is 5.97 Å². The first-order valence-corrected chi connectivity index (χ1v) is 9.51. The zero-order valence-electron chi connectivity index (χ0n) is 12.8. The van der Waals surface area contributed by atoms with E-state index in [4.69, 9.17) is 4.74 Å². The minimum atomic E-state index is -0.292. The van der Waals surface area contributed by atoms with Crippen molar-refractivity contribution in [3.63, 3.8) is 0 Å². The molecule has 1 amide bonds. The molecule has 4 nitrogen and oxygen atoms in total. The van der Waals surface area contributed by atoms with Gasteiger partial charge in [0.2, 0.25) is 5.91 Å². The monoisotopic (exact) mass is 441 g/mol. The van der Waals surface area contributed by atoms with Crippen LogP contribution in [0.4, 0.5) is 5.69 Å². The molecule has 23 heavy (non-hydrogen) atoms. The van der Waals surface area contributed by atoms with Crippen molar-refractivity contribution in [2.45, 2.75) is 31.2 Å². The third-order valence-electron chi connectivity index (χ3n) is 5.53. The van der Waals surface area contributed by atoms with E-state index >= 15 is 0 Å². The number of hydrogen-bond donors (Lipinski definition) is 1. The standard InChI is InChI=1S/C17H17Br2NO3/c1-6-3-8(4-7(2)13(6)18)20-16(21)11-9-5-10-12(11)17(22)23-15(10)14(9)19/h3-4,9-12,14-15H,5H2,1-2H3,(H,20,21). The molecule has 3 aliphatic rings. The fourth-order valence-electron chi connectivity index (χ4n) is 4.57. The average Bonchev–Trinajstić information content (AvgIpc) is 3.08. The Labute approximate surface area is 151 Å². The molecule has 1 aromatic rings. The number of aryl methyl sites for hydroxylation is 2. The minimum absolute atomic E-state index is 0.0429. The van der Waals surface area contributed by atoms with Crippen LogP contribution in [0, 0.1) is 37.5 Å². The summed E-state index contributed by atoms with van der Waals surface area (Å²) in [5, 5.41) is 3.01. The summed E-state index contributed by atoms with van der Waals surface area (Å²) in [5.41, 5.74) is 2.93. The number of alkyl halides is 1. The molecule has 1 aromatic carbocycles. The van der Waals surface area contributed by atoms with E-state index in [0.29, 0.717) is 0 Å². The summed E-state index contributed by atoms with van der Waals surface area (Å²) in [6.45, 7) is 4.00. The summed E-state index contributed by atoms with van der Waals surface area (Å²) < 4.78 is 6.52. The molecule has 122 valence electrons. The van der Waals surface area contributed by atoms with Crippen LogP contribution in [0.2, 0.25) is 0 Å². The smallest absolute Gasteiger partial charge is 0.310 e. The van der Waals surface area contributed by atoms with Crippen LogP contribution < -0.4 is 5.32 Å². The lowest BCUT2D eigenvalue weighted by Gasteiger charge is -2.27. The molecule has 1 N–H and O–H groups in total. The number of amides is 1. The highest BCUT2D eigenvalue weighted by atomic mass is 79.9. The number of rotatable bonds is 2. The molecule has 6 heteroatoms. The number of hydrogen-bond acceptors (Lipinski definition) is 3. The van der Waals surface area contributed by atoms with E-state index in [-0.39, 0.29) is 46.5 Å². The number of carbonyl (C=O) groups excluding carboxylic acids is 2. The van der Waals surface area contributed by atoms with Crippen LogP contribution in [0.5, 0.6) is 0 Å². The van der Waals surface area contributed by atoms with Gasteiger partial charge in [0.15, 0.2) is 0 Å². The number of anilines is 1. The van der Waals surface area contributed by atoms with Gasteiger partial charge in [-0.1, -0.05) is 31.9 Å². The second-order valence-electron chi connectivity index (χ2n) is 6.87. The average molecular weight is 443 g/mol. The van der Waals surface area contributed by atoms with E-state index < -0.39 is 0 Å². The van der Waals surface area contributed by atoms with Crippen molar-refractivity contribution in [3.8, 4) is 0 Å². The predicted octanol–water partition coefficient (Wildman–Crippen LogP) is 3.58. The summed E-state index contributed by atoms with van der Waals surface area (Å²) in [4.78, 5) is 25.1. The number of esters is 1. The third-order valence-corrected chi connectivity index (χ3v) is 7.98. The summed E-state index contributed by atoms with van der Waals surface area (Å²) >= 11 is 7.17. The van der Waals surface area contributed by atoms with Crippen LogP contribution in [0.15, 0.2) is 16.6 Å². The van der Waals surface area contributed by atoms with Crippen LogP contribution in [0.25, 0.3) is 0 Å². The van der Waals surface area contributed by atoms with E-state index in [1.807, 2.05) is 26.0 Å². The normalized spacial score (nSPS) is 37.1. The molecule has 1 saturated heterocycles. The van der Waals surface area contributed by atoms with Crippen molar-refractivity contribution < 1.29 is 14.3 Å². The molecule has 2 bridgehead atoms. The molecular weight excluding hydrogens is 426 g/mol. The predicted molar refractivity (Wildman–Crippen MR) is 93.4 cm³/mol. The van der Waals surface area contributed by atoms with Crippen molar-refractivity contribution in [2.75, 3.05) is 5.32 Å². The molecule has 4 rings (SSSR count). The Hall–Kier alpha value is -0.880. The molecular formula is C17H17Br2NO3. The van der Waals surface area contributed by atoms with Gasteiger partial charge in [0, 0.05) is 16.1 Å². The van der Waals surface area contributed by atoms with Crippen molar-refractivity contribution in [2.24, 2.45) is 23.7 Å². The Morgan fingerprint density at radius 1 is 1.26 bits per heavy atom. The largest absolute Gasteiger partial charge is 0.461 e. The lowest BCUT2D eigenvalue weighted by Crippen LogP contribution is -2.40. The summed E-state index contributed by atoms with van der Waals surface area (Å²) in [5.74, 6) is -0.449. The summed E-state index contributed by atoms with van der Waals surface area (Å²) in [7, 11) is 0. The fraction of sp³-hybridized carbons (Fsp3) is 0.529. The molecule has 6 unspecified atom stereocenters. The van der Waals surface area contributed by atoms with Crippen LogP contribution in [0.3, 0.4) is 0 Å². The van der Waals surface area contributed by atoms with Crippen molar-refractivity contribution in [1.29, 1.82) is 0 Å². The van der Waals surface area contributed by atoms with Gasteiger partial charge in [0.25, 0.3) is 0 Å². The van der Waals surface area contributed by atoms with Gasteiger partial charge in [-0.25, -0.2) is 0 Å². The van der Waals surface area contributed by atoms with Crippen LogP contribution in [-0.2, 0) is 14.3 Å². The maximum atomic E-state index is 12.8. The van der Waals surface area contributed by atoms with Crippen LogP contribution in [-0.4, -0.2) is 22.8 Å². The molecule has 3 fully saturated rings. The van der Waals surface area contributed by atoms with Gasteiger partial charge in [-0.2, -0.15) is 0 Å². The quantitative estimate of drug-likeness (QED) is 0.562. The van der Waals surface area contributed by atoms with Gasteiger partial charge in [-0.15, -0.1) is 0 Å². The van der Waals surface area contributed by atoms with Gasteiger partial charge in [-0.3, -0.25) is 9.59 Å². The van der Waals surface area contributed by atoms with Gasteiger partial charge in [-0.05, 0) is 49.4 Å². The second-order valence-corrected chi connectivity index (χ2v) is 8.72. The highest BCUT2D eigenvalue weighted by molar-refractivity contribution is 9.10. The first kappa shape index (κ1) is 15.6. The molecule has 1 aliphatic heterocycles. The molecule has 2 saturated carbocycles. The van der Waals surface area contributed by atoms with Crippen LogP contribution >= 0.6 is 31.9 Å². The number of carbonyl (C=O) groups is 2. The highest BCUT2D eigenvalue weighted by Gasteiger charge is 2.67. The first-order chi connectivity index (χ1) is 10.9. The molecule has 2 aliphatic carbocycles. The maximum Gasteiger partial charge on any atom is 0.310 e. The fourth-order valence-corrected chi connectivity index (χ4v) is 5.85. The Kier molecular flexibility index (Phi) is 3.61. The van der Waals surface area contributed by atoms with E-state index in [1.54, 1.807) is 0 Å². The molecule has 0 aromatic heterocycles. The minimum Gasteiger partial charge on any atom is -0.461 e. The van der Waals surface area contributed by atoms with E-state index in [0.717, 1.165) is 27.7 Å². The second kappa shape index (κ2) is 5.31. The summed E-state index contributed by atoms with van der Waals surface area (Å²) in [6, 6.07) is 3.90. The number of nitrogens with one attached hydrogen (secondary N) is 1. The highest BCUT2D eigenvalue weighted by Crippen LogP contribution is 2.60. The SMILES string of the molecule is Cc1cc(NC(=O)C2C3CC4C(OC(=O)C42)C3Br)cc(C)c1Br. The van der Waals surface area contributed by atoms with E-state index in [9.17, 15) is 9.59 Å². The Bertz CT molecular complexity index is 697. The van der Waals surface area contributed by atoms with Gasteiger partial charge in [0.05, 0.1) is 16.7 Å². The number of ether oxygens (including phenoxy) is 1. The number of halogens is 2. The van der Waals surface area contributed by atoms with Gasteiger partial charge in [0.1, 0.15) is 6.10 Å². The zero-order chi connectivity index (χ0) is 16.5. The van der Waals surface area contributed by atoms with E-state index in [2.05, 4.69) is 37.2 Å². The molecule has 1 heterocycles. The molecule has 6 atom stereocenters. The maximum absolute atomic E-state index is 12.8. The van der Waals surface area contributed by atoms with Crippen molar-refractivity contribution in [1.82, 2.24) is 0 Å². The number of benzene rings is 1. The molecule has 0 spiro atoms. The topological polar surface area (TPSA) is 55.4 Å². The third kappa shape index (κ3) is 2.21. The molecule has 0 radical (unpaired) electrons. The van der Waals surface area contributed by atoms with E-state index in [1.165, 1.54) is 0 Å². The first-order valence-electron chi connectivity index (χ1n) is 7.80. The lowest BCUT2D eigenvalue weighted by molar-refractivity contribution is -0.145. The Morgan fingerprint density at radius 2 is 1.91 bits per heavy atom. The lowest BCUT2D eigenvalue weighted by atomic mass is 9.79. The Morgan fingerprint density at radius 3 is 2.57 bits per heavy atom. The van der Waals surface area contributed by atoms with Crippen LogP contribution in [0.1, 0.15) is 17.5 Å². The number of fused-ring (bicyclic) bond motifs is 1. The van der Waals surface area contributed by atoms with Crippen molar-refractivity contribution >= 4 is 49.4 Å².